The van der Waals surface area contributed by atoms with E-state index in [0.717, 1.165) is 32.4 Å². The Balaban J connectivity index is 1.68. The molecular formula is C17H31N3O. The number of carbonyl (C=O) groups excluding carboxylic acids is 1. The first-order valence-corrected chi connectivity index (χ1v) is 8.88. The van der Waals surface area contributed by atoms with Crippen LogP contribution in [0.25, 0.3) is 0 Å². The first-order chi connectivity index (χ1) is 10.1. The molecule has 3 aliphatic rings. The molecule has 0 radical (unpaired) electrons. The summed E-state index contributed by atoms with van der Waals surface area (Å²) in [5.74, 6) is 0.879. The molecule has 5 unspecified atom stereocenters. The quantitative estimate of drug-likeness (QED) is 0.802. The molecule has 21 heavy (non-hydrogen) atoms. The number of fused-ring (bicyclic) bond motifs is 1. The lowest BCUT2D eigenvalue weighted by Crippen LogP contribution is -2.61. The van der Waals surface area contributed by atoms with Crippen LogP contribution in [0, 0.1) is 11.8 Å². The first-order valence-electron chi connectivity index (χ1n) is 8.88. The maximum absolute atomic E-state index is 13.0. The van der Waals surface area contributed by atoms with Crippen molar-refractivity contribution >= 4 is 5.91 Å². The summed E-state index contributed by atoms with van der Waals surface area (Å²) < 4.78 is 0. The van der Waals surface area contributed by atoms with E-state index in [-0.39, 0.29) is 12.0 Å². The number of rotatable bonds is 1. The minimum Gasteiger partial charge on any atom is -0.337 e. The van der Waals surface area contributed by atoms with Crippen LogP contribution < -0.4 is 5.73 Å². The minimum absolute atomic E-state index is 0.159. The molecule has 0 aromatic heterocycles. The van der Waals surface area contributed by atoms with Crippen molar-refractivity contribution < 1.29 is 4.79 Å². The molecule has 2 N–H and O–H groups in total. The fraction of sp³-hybridized carbons (Fsp3) is 0.941. The number of piperidine rings is 1. The third-order valence-electron chi connectivity index (χ3n) is 6.15. The molecule has 2 aliphatic heterocycles. The Morgan fingerprint density at radius 3 is 2.67 bits per heavy atom. The molecule has 0 bridgehead atoms. The predicted molar refractivity (Wildman–Crippen MR) is 84.9 cm³/mol. The Hall–Kier alpha value is -0.610. The molecule has 3 fully saturated rings. The molecule has 1 aliphatic carbocycles. The van der Waals surface area contributed by atoms with Crippen molar-refractivity contribution in [3.8, 4) is 0 Å². The highest BCUT2D eigenvalue weighted by Gasteiger charge is 2.40. The predicted octanol–water partition coefficient (Wildman–Crippen LogP) is 1.84. The van der Waals surface area contributed by atoms with Gasteiger partial charge in [-0.3, -0.25) is 9.69 Å². The van der Waals surface area contributed by atoms with Crippen molar-refractivity contribution in [3.63, 3.8) is 0 Å². The Morgan fingerprint density at radius 2 is 1.86 bits per heavy atom. The normalized spacial score (nSPS) is 41.7. The van der Waals surface area contributed by atoms with E-state index in [4.69, 9.17) is 5.73 Å². The van der Waals surface area contributed by atoms with Crippen molar-refractivity contribution in [2.75, 3.05) is 19.6 Å². The van der Waals surface area contributed by atoms with Crippen molar-refractivity contribution in [3.05, 3.63) is 0 Å². The van der Waals surface area contributed by atoms with Gasteiger partial charge in [0.25, 0.3) is 0 Å². The number of amides is 1. The van der Waals surface area contributed by atoms with Crippen LogP contribution >= 0.6 is 0 Å². The van der Waals surface area contributed by atoms with Crippen LogP contribution in [-0.4, -0.2) is 53.5 Å². The summed E-state index contributed by atoms with van der Waals surface area (Å²) >= 11 is 0. The van der Waals surface area contributed by atoms with Crippen LogP contribution in [0.5, 0.6) is 0 Å². The average Bonchev–Trinajstić information content (AvgIpc) is 2.48. The zero-order valence-electron chi connectivity index (χ0n) is 13.6. The second-order valence-electron chi connectivity index (χ2n) is 7.54. The lowest BCUT2D eigenvalue weighted by atomic mass is 9.76. The molecular weight excluding hydrogens is 262 g/mol. The number of nitrogens with two attached hydrogens (primary N) is 1. The van der Waals surface area contributed by atoms with Gasteiger partial charge in [0.1, 0.15) is 0 Å². The second-order valence-corrected chi connectivity index (χ2v) is 7.54. The summed E-state index contributed by atoms with van der Waals surface area (Å²) in [7, 11) is 0. The molecule has 4 nitrogen and oxygen atoms in total. The van der Waals surface area contributed by atoms with Gasteiger partial charge >= 0.3 is 0 Å². The molecule has 2 saturated heterocycles. The van der Waals surface area contributed by atoms with Gasteiger partial charge in [0, 0.05) is 37.1 Å². The van der Waals surface area contributed by atoms with E-state index in [1.165, 1.54) is 25.8 Å². The van der Waals surface area contributed by atoms with Crippen molar-refractivity contribution in [1.82, 2.24) is 9.80 Å². The van der Waals surface area contributed by atoms with Gasteiger partial charge in [-0.25, -0.2) is 0 Å². The largest absolute Gasteiger partial charge is 0.337 e. The molecule has 3 rings (SSSR count). The lowest BCUT2D eigenvalue weighted by molar-refractivity contribution is -0.145. The zero-order chi connectivity index (χ0) is 15.0. The highest BCUT2D eigenvalue weighted by atomic mass is 16.2. The Labute approximate surface area is 129 Å². The average molecular weight is 293 g/mol. The summed E-state index contributed by atoms with van der Waals surface area (Å²) in [6, 6.07) is 1.17. The molecule has 1 saturated carbocycles. The Kier molecular flexibility index (Phi) is 4.55. The molecule has 120 valence electrons. The Bertz CT molecular complexity index is 386. The number of carbonyl (C=O) groups is 1. The molecule has 0 aromatic rings. The number of hydrogen-bond donors (Lipinski definition) is 1. The molecule has 0 spiro atoms. The molecule has 1 amide bonds. The number of hydrogen-bond acceptors (Lipinski definition) is 3. The van der Waals surface area contributed by atoms with E-state index >= 15 is 0 Å². The highest BCUT2D eigenvalue weighted by Crippen LogP contribution is 2.33. The van der Waals surface area contributed by atoms with Gasteiger partial charge in [-0.05, 0) is 45.1 Å². The summed E-state index contributed by atoms with van der Waals surface area (Å²) in [6.45, 7) is 7.62. The van der Waals surface area contributed by atoms with Gasteiger partial charge in [-0.1, -0.05) is 19.8 Å². The van der Waals surface area contributed by atoms with E-state index in [1.807, 2.05) is 0 Å². The smallest absolute Gasteiger partial charge is 0.226 e. The third-order valence-corrected chi connectivity index (χ3v) is 6.15. The summed E-state index contributed by atoms with van der Waals surface area (Å²) in [5.41, 5.74) is 6.20. The van der Waals surface area contributed by atoms with Gasteiger partial charge in [0.15, 0.2) is 0 Å². The van der Waals surface area contributed by atoms with Crippen LogP contribution in [0.15, 0.2) is 0 Å². The van der Waals surface area contributed by atoms with Crippen LogP contribution in [-0.2, 0) is 4.79 Å². The van der Waals surface area contributed by atoms with Gasteiger partial charge in [0.2, 0.25) is 5.91 Å². The lowest BCUT2D eigenvalue weighted by Gasteiger charge is -2.49. The zero-order valence-corrected chi connectivity index (χ0v) is 13.6. The van der Waals surface area contributed by atoms with E-state index in [9.17, 15) is 4.79 Å². The monoisotopic (exact) mass is 293 g/mol. The first kappa shape index (κ1) is 15.3. The van der Waals surface area contributed by atoms with E-state index < -0.39 is 0 Å². The highest BCUT2D eigenvalue weighted by molar-refractivity contribution is 5.80. The van der Waals surface area contributed by atoms with E-state index in [1.54, 1.807) is 0 Å². The van der Waals surface area contributed by atoms with Crippen LogP contribution in [0.3, 0.4) is 0 Å². The number of nitrogens with zero attached hydrogens (tertiary/aromatic N) is 2. The molecule has 5 atom stereocenters. The van der Waals surface area contributed by atoms with Gasteiger partial charge in [0.05, 0.1) is 0 Å². The maximum Gasteiger partial charge on any atom is 0.226 e. The fourth-order valence-corrected chi connectivity index (χ4v) is 4.62. The topological polar surface area (TPSA) is 49.6 Å². The fourth-order valence-electron chi connectivity index (χ4n) is 4.62. The van der Waals surface area contributed by atoms with Gasteiger partial charge in [-0.15, -0.1) is 0 Å². The van der Waals surface area contributed by atoms with Crippen LogP contribution in [0.4, 0.5) is 0 Å². The van der Waals surface area contributed by atoms with Crippen molar-refractivity contribution in [2.24, 2.45) is 17.6 Å². The summed E-state index contributed by atoms with van der Waals surface area (Å²) in [6.07, 6.45) is 7.13. The van der Waals surface area contributed by atoms with Crippen LogP contribution in [0.1, 0.15) is 52.4 Å². The number of piperazine rings is 1. The summed E-state index contributed by atoms with van der Waals surface area (Å²) in [4.78, 5) is 17.8. The van der Waals surface area contributed by atoms with E-state index in [0.29, 0.717) is 23.9 Å². The minimum atomic E-state index is 0.159. The van der Waals surface area contributed by atoms with Crippen molar-refractivity contribution in [1.29, 1.82) is 0 Å². The van der Waals surface area contributed by atoms with E-state index in [2.05, 4.69) is 23.6 Å². The summed E-state index contributed by atoms with van der Waals surface area (Å²) in [5, 5.41) is 0. The van der Waals surface area contributed by atoms with Gasteiger partial charge < -0.3 is 10.6 Å². The molecule has 2 heterocycles. The molecule has 4 heteroatoms. The van der Waals surface area contributed by atoms with Gasteiger partial charge in [-0.2, -0.15) is 0 Å². The Morgan fingerprint density at radius 1 is 1.05 bits per heavy atom. The third kappa shape index (κ3) is 2.98. The molecule has 0 aromatic carbocycles. The maximum atomic E-state index is 13.0. The second kappa shape index (κ2) is 6.25. The van der Waals surface area contributed by atoms with Crippen LogP contribution in [0.2, 0.25) is 0 Å². The SMILES string of the molecule is CC1C(N)CCCC1C(=O)N1CC2CCCCN2CC1C. The standard InChI is InChI=1S/C17H31N3O/c1-12-10-19-9-4-3-6-14(19)11-20(12)17(21)15-7-5-8-16(18)13(15)2/h12-16H,3-11,18H2,1-2H3. The van der Waals surface area contributed by atoms with Crippen molar-refractivity contribution in [2.45, 2.75) is 70.5 Å².